The Hall–Kier alpha value is -1.06. The van der Waals surface area contributed by atoms with Crippen LogP contribution in [-0.4, -0.2) is 35.7 Å². The minimum atomic E-state index is 0.346. The number of aromatic hydroxyl groups is 1. The molecule has 1 aromatic rings. The van der Waals surface area contributed by atoms with Gasteiger partial charge < -0.3 is 10.4 Å². The number of phenols is 1. The molecule has 2 atom stereocenters. The van der Waals surface area contributed by atoms with E-state index in [1.807, 2.05) is 12.1 Å². The molecule has 112 valence electrons. The summed E-state index contributed by atoms with van der Waals surface area (Å²) in [5, 5.41) is 13.0. The van der Waals surface area contributed by atoms with Gasteiger partial charge >= 0.3 is 0 Å². The molecule has 1 aliphatic rings. The van der Waals surface area contributed by atoms with E-state index in [0.717, 1.165) is 13.1 Å². The quantitative estimate of drug-likeness (QED) is 0.802. The molecule has 1 saturated heterocycles. The third kappa shape index (κ3) is 4.22. The molecule has 0 spiro atoms. The molecule has 3 heteroatoms. The Morgan fingerprint density at radius 3 is 2.70 bits per heavy atom. The number of nitrogens with zero attached hydrogens (tertiary/aromatic N) is 1. The van der Waals surface area contributed by atoms with Crippen molar-refractivity contribution >= 4 is 0 Å². The maximum absolute atomic E-state index is 9.42. The Labute approximate surface area is 123 Å². The van der Waals surface area contributed by atoms with Crippen molar-refractivity contribution in [1.82, 2.24) is 10.2 Å². The zero-order valence-electron chi connectivity index (χ0n) is 12.8. The molecule has 0 bridgehead atoms. The fourth-order valence-electron chi connectivity index (χ4n) is 2.96. The molecule has 1 aliphatic heterocycles. The first-order chi connectivity index (χ1) is 9.70. The lowest BCUT2D eigenvalue weighted by Crippen LogP contribution is -2.39. The number of unbranched alkanes of at least 4 members (excludes halogenated alkanes) is 1. The molecule has 0 radical (unpaired) electrons. The van der Waals surface area contributed by atoms with Crippen molar-refractivity contribution in [3.05, 3.63) is 29.8 Å². The molecule has 2 rings (SSSR count). The fourth-order valence-corrected chi connectivity index (χ4v) is 2.96. The smallest absolute Gasteiger partial charge is 0.115 e. The van der Waals surface area contributed by atoms with Gasteiger partial charge in [-0.05, 0) is 57.0 Å². The van der Waals surface area contributed by atoms with Gasteiger partial charge in [-0.25, -0.2) is 0 Å². The van der Waals surface area contributed by atoms with Crippen molar-refractivity contribution in [3.8, 4) is 5.75 Å². The Bertz CT molecular complexity index is 384. The third-order valence-electron chi connectivity index (χ3n) is 4.34. The van der Waals surface area contributed by atoms with Gasteiger partial charge in [0.25, 0.3) is 0 Å². The lowest BCUT2D eigenvalue weighted by molar-refractivity contribution is 0.189. The largest absolute Gasteiger partial charge is 0.508 e. The molecule has 2 unspecified atom stereocenters. The van der Waals surface area contributed by atoms with Gasteiger partial charge in [0.1, 0.15) is 5.75 Å². The lowest BCUT2D eigenvalue weighted by Gasteiger charge is -2.32. The van der Waals surface area contributed by atoms with Gasteiger partial charge in [0, 0.05) is 18.6 Å². The highest BCUT2D eigenvalue weighted by molar-refractivity contribution is 5.27. The number of nitrogens with one attached hydrogen (secondary N) is 1. The first-order valence-electron chi connectivity index (χ1n) is 7.97. The van der Waals surface area contributed by atoms with E-state index in [-0.39, 0.29) is 0 Å². The highest BCUT2D eigenvalue weighted by Crippen LogP contribution is 2.24. The van der Waals surface area contributed by atoms with Crippen molar-refractivity contribution < 1.29 is 5.11 Å². The standard InChI is InChI=1S/C17H28N2O/c1-3-4-12-19(13-16-6-5-11-18-16)14(2)15-7-9-17(20)10-8-15/h7-10,14,16,18,20H,3-6,11-13H2,1-2H3. The topological polar surface area (TPSA) is 35.5 Å². The van der Waals surface area contributed by atoms with E-state index in [0.29, 0.717) is 17.8 Å². The van der Waals surface area contributed by atoms with E-state index in [4.69, 9.17) is 0 Å². The highest BCUT2D eigenvalue weighted by atomic mass is 16.3. The molecule has 1 aromatic carbocycles. The maximum atomic E-state index is 9.42. The second-order valence-corrected chi connectivity index (χ2v) is 5.91. The second-order valence-electron chi connectivity index (χ2n) is 5.91. The van der Waals surface area contributed by atoms with E-state index in [1.54, 1.807) is 12.1 Å². The summed E-state index contributed by atoms with van der Waals surface area (Å²) in [4.78, 5) is 2.58. The van der Waals surface area contributed by atoms with E-state index in [1.165, 1.54) is 37.8 Å². The van der Waals surface area contributed by atoms with Crippen LogP contribution in [0.4, 0.5) is 0 Å². The normalized spacial score (nSPS) is 20.4. The summed E-state index contributed by atoms with van der Waals surface area (Å²) in [6, 6.07) is 8.72. The predicted octanol–water partition coefficient (Wildman–Crippen LogP) is 3.31. The van der Waals surface area contributed by atoms with E-state index in [2.05, 4.69) is 24.1 Å². The van der Waals surface area contributed by atoms with E-state index >= 15 is 0 Å². The SMILES string of the molecule is CCCCN(CC1CCCN1)C(C)c1ccc(O)cc1. The first-order valence-corrected chi connectivity index (χ1v) is 7.97. The molecule has 0 amide bonds. The van der Waals surface area contributed by atoms with Crippen LogP contribution in [0.25, 0.3) is 0 Å². The van der Waals surface area contributed by atoms with Crippen LogP contribution in [0, 0.1) is 0 Å². The zero-order chi connectivity index (χ0) is 14.4. The average Bonchev–Trinajstić information content (AvgIpc) is 2.96. The molecule has 0 saturated carbocycles. The Morgan fingerprint density at radius 2 is 2.10 bits per heavy atom. The Kier molecular flexibility index (Phi) is 5.86. The van der Waals surface area contributed by atoms with Crippen molar-refractivity contribution in [3.63, 3.8) is 0 Å². The predicted molar refractivity (Wildman–Crippen MR) is 84.0 cm³/mol. The van der Waals surface area contributed by atoms with Crippen LogP contribution in [0.1, 0.15) is 51.1 Å². The fraction of sp³-hybridized carbons (Fsp3) is 0.647. The van der Waals surface area contributed by atoms with Crippen molar-refractivity contribution in [1.29, 1.82) is 0 Å². The monoisotopic (exact) mass is 276 g/mol. The summed E-state index contributed by atoms with van der Waals surface area (Å²) in [6.07, 6.45) is 5.08. The second kappa shape index (κ2) is 7.65. The molecule has 0 aromatic heterocycles. The Morgan fingerprint density at radius 1 is 1.35 bits per heavy atom. The van der Waals surface area contributed by atoms with Gasteiger partial charge in [0.2, 0.25) is 0 Å². The first kappa shape index (κ1) is 15.3. The number of phenolic OH excluding ortho intramolecular Hbond substituents is 1. The van der Waals surface area contributed by atoms with Crippen LogP contribution in [-0.2, 0) is 0 Å². The van der Waals surface area contributed by atoms with E-state index in [9.17, 15) is 5.11 Å². The van der Waals surface area contributed by atoms with Gasteiger partial charge in [-0.3, -0.25) is 4.90 Å². The number of rotatable bonds is 7. The van der Waals surface area contributed by atoms with Crippen LogP contribution in [0.2, 0.25) is 0 Å². The van der Waals surface area contributed by atoms with Crippen LogP contribution in [0.15, 0.2) is 24.3 Å². The summed E-state index contributed by atoms with van der Waals surface area (Å²) in [6.45, 7) is 7.97. The molecular formula is C17H28N2O. The zero-order valence-corrected chi connectivity index (χ0v) is 12.8. The molecular weight excluding hydrogens is 248 g/mol. The van der Waals surface area contributed by atoms with Gasteiger partial charge in [-0.1, -0.05) is 25.5 Å². The van der Waals surface area contributed by atoms with Crippen LogP contribution in [0.3, 0.4) is 0 Å². The minimum Gasteiger partial charge on any atom is -0.508 e. The molecule has 0 aliphatic carbocycles. The number of hydrogen-bond acceptors (Lipinski definition) is 3. The summed E-state index contributed by atoms with van der Waals surface area (Å²) < 4.78 is 0. The summed E-state index contributed by atoms with van der Waals surface area (Å²) in [7, 11) is 0. The van der Waals surface area contributed by atoms with Gasteiger partial charge in [-0.2, -0.15) is 0 Å². The minimum absolute atomic E-state index is 0.346. The highest BCUT2D eigenvalue weighted by Gasteiger charge is 2.21. The summed E-state index contributed by atoms with van der Waals surface area (Å²) >= 11 is 0. The van der Waals surface area contributed by atoms with Gasteiger partial charge in [-0.15, -0.1) is 0 Å². The van der Waals surface area contributed by atoms with Crippen molar-refractivity contribution in [2.45, 2.75) is 51.6 Å². The molecule has 1 heterocycles. The maximum Gasteiger partial charge on any atom is 0.115 e. The average molecular weight is 276 g/mol. The summed E-state index contributed by atoms with van der Waals surface area (Å²) in [5.74, 6) is 0.346. The third-order valence-corrected chi connectivity index (χ3v) is 4.34. The molecule has 1 fully saturated rings. The van der Waals surface area contributed by atoms with Crippen molar-refractivity contribution in [2.75, 3.05) is 19.6 Å². The van der Waals surface area contributed by atoms with Crippen molar-refractivity contribution in [2.24, 2.45) is 0 Å². The van der Waals surface area contributed by atoms with Crippen LogP contribution >= 0.6 is 0 Å². The molecule has 20 heavy (non-hydrogen) atoms. The van der Waals surface area contributed by atoms with Crippen LogP contribution in [0.5, 0.6) is 5.75 Å². The van der Waals surface area contributed by atoms with E-state index < -0.39 is 0 Å². The Balaban J connectivity index is 2.01. The lowest BCUT2D eigenvalue weighted by atomic mass is 10.0. The molecule has 3 nitrogen and oxygen atoms in total. The summed E-state index contributed by atoms with van der Waals surface area (Å²) in [5.41, 5.74) is 1.29. The van der Waals surface area contributed by atoms with Gasteiger partial charge in [0.15, 0.2) is 0 Å². The number of hydrogen-bond donors (Lipinski definition) is 2. The molecule has 2 N–H and O–H groups in total. The number of benzene rings is 1. The van der Waals surface area contributed by atoms with Crippen LogP contribution < -0.4 is 5.32 Å². The van der Waals surface area contributed by atoms with Gasteiger partial charge in [0.05, 0.1) is 0 Å².